The van der Waals surface area contributed by atoms with Crippen LogP contribution in [0.4, 0.5) is 4.39 Å². The molecule has 2 aromatic rings. The molecular formula is C25H33FN2O3S. The fourth-order valence-corrected chi connectivity index (χ4v) is 4.18. The van der Waals surface area contributed by atoms with Crippen LogP contribution in [0, 0.1) is 5.82 Å². The number of carbonyl (C=O) groups is 2. The van der Waals surface area contributed by atoms with Crippen molar-refractivity contribution in [3.63, 3.8) is 0 Å². The Morgan fingerprint density at radius 1 is 1.12 bits per heavy atom. The largest absolute Gasteiger partial charge is 0.497 e. The summed E-state index contributed by atoms with van der Waals surface area (Å²) >= 11 is 1.46. The monoisotopic (exact) mass is 460 g/mol. The Morgan fingerprint density at radius 2 is 1.88 bits per heavy atom. The summed E-state index contributed by atoms with van der Waals surface area (Å²) in [6.45, 7) is 4.92. The van der Waals surface area contributed by atoms with Gasteiger partial charge in [0.1, 0.15) is 17.6 Å². The Morgan fingerprint density at radius 3 is 2.53 bits per heavy atom. The molecule has 2 amide bonds. The predicted octanol–water partition coefficient (Wildman–Crippen LogP) is 4.79. The van der Waals surface area contributed by atoms with Gasteiger partial charge in [0, 0.05) is 18.8 Å². The van der Waals surface area contributed by atoms with Gasteiger partial charge in [-0.2, -0.15) is 0 Å². The molecule has 0 aliphatic rings. The fourth-order valence-electron chi connectivity index (χ4n) is 3.31. The first-order valence-corrected chi connectivity index (χ1v) is 12.2. The van der Waals surface area contributed by atoms with Crippen LogP contribution in [0.5, 0.6) is 5.75 Å². The van der Waals surface area contributed by atoms with E-state index < -0.39 is 6.04 Å². The van der Waals surface area contributed by atoms with E-state index in [0.717, 1.165) is 24.0 Å². The number of amides is 2. The highest BCUT2D eigenvalue weighted by Crippen LogP contribution is 2.20. The minimum atomic E-state index is -0.544. The molecule has 2 rings (SSSR count). The lowest BCUT2D eigenvalue weighted by atomic mass is 10.1. The molecule has 5 nitrogen and oxygen atoms in total. The molecule has 0 unspecified atom stereocenters. The van der Waals surface area contributed by atoms with Crippen LogP contribution in [0.2, 0.25) is 0 Å². The molecule has 0 aliphatic carbocycles. The van der Waals surface area contributed by atoms with E-state index in [4.69, 9.17) is 4.74 Å². The van der Waals surface area contributed by atoms with E-state index in [1.165, 1.54) is 23.9 Å². The van der Waals surface area contributed by atoms with Gasteiger partial charge in [0.05, 0.1) is 12.9 Å². The molecule has 1 atom stereocenters. The van der Waals surface area contributed by atoms with E-state index in [-0.39, 0.29) is 23.4 Å². The summed E-state index contributed by atoms with van der Waals surface area (Å²) in [5.41, 5.74) is 1.86. The second kappa shape index (κ2) is 13.8. The third-order valence-electron chi connectivity index (χ3n) is 5.11. The van der Waals surface area contributed by atoms with E-state index in [0.29, 0.717) is 31.0 Å². The Balaban J connectivity index is 2.12. The number of halogens is 1. The zero-order valence-corrected chi connectivity index (χ0v) is 19.9. The quantitative estimate of drug-likeness (QED) is 0.437. The van der Waals surface area contributed by atoms with Gasteiger partial charge < -0.3 is 15.0 Å². The van der Waals surface area contributed by atoms with Gasteiger partial charge in [-0.05, 0) is 48.2 Å². The molecule has 0 heterocycles. The average molecular weight is 461 g/mol. The number of carbonyl (C=O) groups excluding carboxylic acids is 2. The topological polar surface area (TPSA) is 58.6 Å². The number of nitrogens with one attached hydrogen (secondary N) is 1. The van der Waals surface area contributed by atoms with E-state index in [9.17, 15) is 14.0 Å². The first-order chi connectivity index (χ1) is 15.5. The molecule has 32 heavy (non-hydrogen) atoms. The molecule has 0 bridgehead atoms. The van der Waals surface area contributed by atoms with Crippen LogP contribution in [0.25, 0.3) is 0 Å². The summed E-state index contributed by atoms with van der Waals surface area (Å²) in [5, 5.41) is 2.97. The summed E-state index contributed by atoms with van der Waals surface area (Å²) < 4.78 is 18.4. The van der Waals surface area contributed by atoms with Gasteiger partial charge >= 0.3 is 0 Å². The molecule has 1 N–H and O–H groups in total. The Hall–Kier alpha value is -2.54. The number of nitrogens with zero attached hydrogens (tertiary/aromatic N) is 1. The number of rotatable bonds is 13. The highest BCUT2D eigenvalue weighted by Gasteiger charge is 2.28. The number of hydrogen-bond acceptors (Lipinski definition) is 4. The summed E-state index contributed by atoms with van der Waals surface area (Å²) in [5.74, 6) is 1.04. The number of hydrogen-bond donors (Lipinski definition) is 1. The normalized spacial score (nSPS) is 11.6. The molecule has 174 valence electrons. The number of unbranched alkanes of at least 4 members (excludes halogenated alkanes) is 1. The maximum absolute atomic E-state index is 13.2. The number of methoxy groups -OCH3 is 1. The maximum Gasteiger partial charge on any atom is 0.242 e. The predicted molar refractivity (Wildman–Crippen MR) is 128 cm³/mol. The third kappa shape index (κ3) is 8.19. The van der Waals surface area contributed by atoms with Gasteiger partial charge in [0.15, 0.2) is 0 Å². The minimum Gasteiger partial charge on any atom is -0.497 e. The second-order valence-corrected chi connectivity index (χ2v) is 8.55. The highest BCUT2D eigenvalue weighted by atomic mass is 32.2. The van der Waals surface area contributed by atoms with E-state index >= 15 is 0 Å². The van der Waals surface area contributed by atoms with Crippen molar-refractivity contribution in [1.82, 2.24) is 10.2 Å². The van der Waals surface area contributed by atoms with Gasteiger partial charge in [0.2, 0.25) is 11.8 Å². The molecular weight excluding hydrogens is 427 g/mol. The standard InChI is InChI=1S/C25H33FN2O3S/c1-4-6-14-27-25(30)23(5-2)28(16-20-8-7-9-22(15-20)31-3)24(29)18-32-17-19-10-12-21(26)13-11-19/h7-13,15,23H,4-6,14,16-18H2,1-3H3,(H,27,30)/t23-/m0/s1. The van der Waals surface area contributed by atoms with Crippen molar-refractivity contribution in [3.8, 4) is 5.75 Å². The first kappa shape index (κ1) is 25.7. The van der Waals surface area contributed by atoms with Crippen molar-refractivity contribution in [1.29, 1.82) is 0 Å². The van der Waals surface area contributed by atoms with Crippen LogP contribution in [-0.4, -0.2) is 42.2 Å². The smallest absolute Gasteiger partial charge is 0.242 e. The number of thioether (sulfide) groups is 1. The van der Waals surface area contributed by atoms with Crippen molar-refractivity contribution in [2.24, 2.45) is 0 Å². The average Bonchev–Trinajstić information content (AvgIpc) is 2.80. The van der Waals surface area contributed by atoms with E-state index in [1.807, 2.05) is 31.2 Å². The Labute approximate surface area is 194 Å². The van der Waals surface area contributed by atoms with E-state index in [1.54, 1.807) is 24.1 Å². The minimum absolute atomic E-state index is 0.0996. The van der Waals surface area contributed by atoms with Gasteiger partial charge in [-0.25, -0.2) is 4.39 Å². The van der Waals surface area contributed by atoms with Gasteiger partial charge in [-0.15, -0.1) is 11.8 Å². The zero-order valence-electron chi connectivity index (χ0n) is 19.1. The van der Waals surface area contributed by atoms with Crippen LogP contribution in [-0.2, 0) is 21.9 Å². The molecule has 0 fully saturated rings. The van der Waals surface area contributed by atoms with Gasteiger partial charge in [-0.3, -0.25) is 9.59 Å². The Bertz CT molecular complexity index is 861. The second-order valence-electron chi connectivity index (χ2n) is 7.56. The van der Waals surface area contributed by atoms with Crippen LogP contribution in [0.1, 0.15) is 44.2 Å². The SMILES string of the molecule is CCCCNC(=O)[C@H](CC)N(Cc1cccc(OC)c1)C(=O)CSCc1ccc(F)cc1. The lowest BCUT2D eigenvalue weighted by Gasteiger charge is -2.30. The van der Waals surface area contributed by atoms with Crippen LogP contribution < -0.4 is 10.1 Å². The summed E-state index contributed by atoms with van der Waals surface area (Å²) in [6, 6.07) is 13.3. The molecule has 0 aromatic heterocycles. The number of benzene rings is 2. The molecule has 7 heteroatoms. The zero-order chi connectivity index (χ0) is 23.3. The van der Waals surface area contributed by atoms with Gasteiger partial charge in [0.25, 0.3) is 0 Å². The van der Waals surface area contributed by atoms with Crippen molar-refractivity contribution in [2.75, 3.05) is 19.4 Å². The molecule has 0 spiro atoms. The summed E-state index contributed by atoms with van der Waals surface area (Å²) in [4.78, 5) is 27.7. The fraction of sp³-hybridized carbons (Fsp3) is 0.440. The first-order valence-electron chi connectivity index (χ1n) is 11.0. The van der Waals surface area contributed by atoms with E-state index in [2.05, 4.69) is 12.2 Å². The highest BCUT2D eigenvalue weighted by molar-refractivity contribution is 7.99. The maximum atomic E-state index is 13.2. The van der Waals surface area contributed by atoms with Crippen molar-refractivity contribution < 1.29 is 18.7 Å². The molecule has 0 radical (unpaired) electrons. The lowest BCUT2D eigenvalue weighted by molar-refractivity contribution is -0.139. The Kier molecular flexibility index (Phi) is 11.1. The van der Waals surface area contributed by atoms with Crippen molar-refractivity contribution in [3.05, 3.63) is 65.5 Å². The van der Waals surface area contributed by atoms with Gasteiger partial charge in [-0.1, -0.05) is 44.5 Å². The molecule has 0 saturated carbocycles. The van der Waals surface area contributed by atoms with Crippen LogP contribution >= 0.6 is 11.8 Å². The van der Waals surface area contributed by atoms with Crippen molar-refractivity contribution in [2.45, 2.75) is 51.4 Å². The summed E-state index contributed by atoms with van der Waals surface area (Å²) in [7, 11) is 1.60. The molecule has 0 saturated heterocycles. The number of ether oxygens (including phenoxy) is 1. The van der Waals surface area contributed by atoms with Crippen LogP contribution in [0.15, 0.2) is 48.5 Å². The van der Waals surface area contributed by atoms with Crippen LogP contribution in [0.3, 0.4) is 0 Å². The summed E-state index contributed by atoms with van der Waals surface area (Å²) in [6.07, 6.45) is 2.42. The third-order valence-corrected chi connectivity index (χ3v) is 6.10. The molecule has 0 aliphatic heterocycles. The van der Waals surface area contributed by atoms with Crippen molar-refractivity contribution >= 4 is 23.6 Å². The molecule has 2 aromatic carbocycles. The lowest BCUT2D eigenvalue weighted by Crippen LogP contribution is -2.49.